The van der Waals surface area contributed by atoms with Gasteiger partial charge in [0.1, 0.15) is 16.7 Å². The number of nitrogens with two attached hydrogens (primary N) is 1. The van der Waals surface area contributed by atoms with Crippen molar-refractivity contribution in [2.24, 2.45) is 0 Å². The van der Waals surface area contributed by atoms with Gasteiger partial charge in [-0.25, -0.2) is 4.98 Å². The van der Waals surface area contributed by atoms with Crippen molar-refractivity contribution >= 4 is 34.1 Å². The number of nitrogen functional groups attached to an aromatic ring is 1. The van der Waals surface area contributed by atoms with E-state index in [1.807, 2.05) is 20.8 Å². The highest BCUT2D eigenvalue weighted by Crippen LogP contribution is 2.25. The summed E-state index contributed by atoms with van der Waals surface area (Å²) in [7, 11) is 1.69. The van der Waals surface area contributed by atoms with Crippen LogP contribution in [-0.4, -0.2) is 47.4 Å². The molecular weight excluding hydrogens is 290 g/mol. The maximum Gasteiger partial charge on any atom is 0.265 e. The van der Waals surface area contributed by atoms with E-state index in [0.717, 1.165) is 0 Å². The van der Waals surface area contributed by atoms with Crippen LogP contribution in [-0.2, 0) is 4.79 Å². The second-order valence-corrected chi connectivity index (χ2v) is 6.08. The summed E-state index contributed by atoms with van der Waals surface area (Å²) in [4.78, 5) is 30.1. The Hall–Kier alpha value is -1.83. The number of hydrogen-bond donors (Lipinski definition) is 3. The van der Waals surface area contributed by atoms with E-state index >= 15 is 0 Å². The molecule has 2 amide bonds. The number of likely N-dealkylation sites (N-methyl/N-ethyl adjacent to an activating group) is 1. The molecule has 1 aromatic rings. The summed E-state index contributed by atoms with van der Waals surface area (Å²) in [6.45, 7) is 8.05. The smallest absolute Gasteiger partial charge is 0.265 e. The van der Waals surface area contributed by atoms with Crippen molar-refractivity contribution in [2.75, 3.05) is 24.6 Å². The zero-order valence-electron chi connectivity index (χ0n) is 13.1. The van der Waals surface area contributed by atoms with E-state index in [-0.39, 0.29) is 23.7 Å². The first kappa shape index (κ1) is 17.2. The van der Waals surface area contributed by atoms with Crippen LogP contribution in [0.15, 0.2) is 0 Å². The minimum absolute atomic E-state index is 0.144. The zero-order valence-corrected chi connectivity index (χ0v) is 13.9. The molecule has 0 aliphatic rings. The number of aromatic nitrogens is 1. The average Bonchev–Trinajstić information content (AvgIpc) is 2.76. The molecule has 0 radical (unpaired) electrons. The van der Waals surface area contributed by atoms with Gasteiger partial charge in [0.2, 0.25) is 5.91 Å². The number of carbonyl (C=O) groups excluding carboxylic acids is 2. The molecule has 7 nitrogen and oxygen atoms in total. The number of nitrogens with one attached hydrogen (secondary N) is 2. The van der Waals surface area contributed by atoms with Crippen molar-refractivity contribution in [3.63, 3.8) is 0 Å². The van der Waals surface area contributed by atoms with Crippen LogP contribution in [0, 0.1) is 0 Å². The summed E-state index contributed by atoms with van der Waals surface area (Å²) < 4.78 is 0. The Morgan fingerprint density at radius 1 is 1.38 bits per heavy atom. The van der Waals surface area contributed by atoms with Gasteiger partial charge in [-0.05, 0) is 27.7 Å². The number of rotatable bonds is 6. The van der Waals surface area contributed by atoms with Gasteiger partial charge >= 0.3 is 0 Å². The van der Waals surface area contributed by atoms with Crippen molar-refractivity contribution in [3.8, 4) is 0 Å². The Kier molecular flexibility index (Phi) is 5.95. The van der Waals surface area contributed by atoms with Crippen LogP contribution in [0.1, 0.15) is 37.4 Å². The molecule has 0 bridgehead atoms. The minimum atomic E-state index is -0.606. The third kappa shape index (κ3) is 4.59. The van der Waals surface area contributed by atoms with E-state index in [2.05, 4.69) is 15.6 Å². The Bertz CT molecular complexity index is 515. The van der Waals surface area contributed by atoms with E-state index in [1.54, 1.807) is 18.9 Å². The van der Waals surface area contributed by atoms with Crippen molar-refractivity contribution in [2.45, 2.75) is 39.8 Å². The highest BCUT2D eigenvalue weighted by atomic mass is 32.1. The molecule has 0 saturated heterocycles. The van der Waals surface area contributed by atoms with Crippen molar-refractivity contribution < 1.29 is 9.59 Å². The third-order valence-electron chi connectivity index (χ3n) is 2.84. The van der Waals surface area contributed by atoms with Gasteiger partial charge in [0.25, 0.3) is 5.91 Å². The maximum atomic E-state index is 12.2. The first-order valence-electron chi connectivity index (χ1n) is 6.84. The fraction of sp³-hybridized carbons (Fsp3) is 0.615. The van der Waals surface area contributed by atoms with Crippen molar-refractivity contribution in [1.82, 2.24) is 15.2 Å². The highest BCUT2D eigenvalue weighted by molar-refractivity contribution is 7.18. The van der Waals surface area contributed by atoms with Gasteiger partial charge in [0, 0.05) is 19.6 Å². The summed E-state index contributed by atoms with van der Waals surface area (Å²) in [5.74, 6) is -0.356. The number of amides is 2. The van der Waals surface area contributed by atoms with Gasteiger partial charge in [-0.3, -0.25) is 9.59 Å². The molecule has 0 aromatic carbocycles. The summed E-state index contributed by atoms with van der Waals surface area (Å²) in [6.07, 6.45) is 0. The molecule has 1 rings (SSSR count). The maximum absolute atomic E-state index is 12.2. The fourth-order valence-corrected chi connectivity index (χ4v) is 2.55. The molecule has 0 aliphatic heterocycles. The van der Waals surface area contributed by atoms with E-state index in [0.29, 0.717) is 16.6 Å². The Labute approximate surface area is 128 Å². The molecule has 4 N–H and O–H groups in total. The molecule has 8 heteroatoms. The summed E-state index contributed by atoms with van der Waals surface area (Å²) in [6, 6.07) is -0.407. The van der Waals surface area contributed by atoms with Gasteiger partial charge in [-0.15, -0.1) is 0 Å². The zero-order chi connectivity index (χ0) is 16.2. The second kappa shape index (κ2) is 7.26. The Balaban J connectivity index is 2.76. The van der Waals surface area contributed by atoms with Crippen LogP contribution in [0.4, 0.5) is 10.9 Å². The molecule has 0 spiro atoms. The lowest BCUT2D eigenvalue weighted by Gasteiger charge is -2.20. The van der Waals surface area contributed by atoms with Crippen LogP contribution >= 0.6 is 11.3 Å². The monoisotopic (exact) mass is 313 g/mol. The second-order valence-electron chi connectivity index (χ2n) is 5.08. The van der Waals surface area contributed by atoms with Gasteiger partial charge in [-0.1, -0.05) is 11.3 Å². The average molecular weight is 313 g/mol. The number of nitrogens with zero attached hydrogens (tertiary/aromatic N) is 2. The summed E-state index contributed by atoms with van der Waals surface area (Å²) in [5.41, 5.74) is 5.76. The van der Waals surface area contributed by atoms with E-state index in [9.17, 15) is 9.59 Å². The van der Waals surface area contributed by atoms with Crippen LogP contribution in [0.2, 0.25) is 0 Å². The number of carbonyl (C=O) groups is 2. The van der Waals surface area contributed by atoms with Crippen LogP contribution in [0.3, 0.4) is 0 Å². The molecule has 1 atom stereocenters. The van der Waals surface area contributed by atoms with Gasteiger partial charge in [0.15, 0.2) is 5.13 Å². The quantitative estimate of drug-likeness (QED) is 0.731. The normalized spacial score (nSPS) is 12.1. The predicted molar refractivity (Wildman–Crippen MR) is 85.5 cm³/mol. The largest absolute Gasteiger partial charge is 0.382 e. The van der Waals surface area contributed by atoms with E-state index < -0.39 is 6.04 Å². The van der Waals surface area contributed by atoms with Crippen LogP contribution in [0.5, 0.6) is 0 Å². The first-order chi connectivity index (χ1) is 9.76. The third-order valence-corrected chi connectivity index (χ3v) is 3.84. The van der Waals surface area contributed by atoms with Crippen molar-refractivity contribution in [1.29, 1.82) is 0 Å². The Morgan fingerprint density at radius 3 is 2.52 bits per heavy atom. The summed E-state index contributed by atoms with van der Waals surface area (Å²) in [5, 5.41) is 6.34. The fourth-order valence-electron chi connectivity index (χ4n) is 1.61. The molecule has 1 aromatic heterocycles. The van der Waals surface area contributed by atoms with Crippen LogP contribution < -0.4 is 16.4 Å². The topological polar surface area (TPSA) is 100 Å². The molecule has 1 heterocycles. The van der Waals surface area contributed by atoms with E-state index in [1.165, 1.54) is 11.3 Å². The predicted octanol–water partition coefficient (Wildman–Crippen LogP) is 1.14. The molecule has 0 fully saturated rings. The van der Waals surface area contributed by atoms with Gasteiger partial charge < -0.3 is 21.3 Å². The molecule has 21 heavy (non-hydrogen) atoms. The minimum Gasteiger partial charge on any atom is -0.382 e. The standard InChI is InChI=1S/C13H23N5O2S/c1-6-18(5)12(20)8(4)16-11(19)9-10(14)17-13(21-9)15-7(2)3/h7-8H,6,14H2,1-5H3,(H,15,17)(H,16,19). The van der Waals surface area contributed by atoms with Crippen molar-refractivity contribution in [3.05, 3.63) is 4.88 Å². The van der Waals surface area contributed by atoms with Gasteiger partial charge in [0.05, 0.1) is 0 Å². The Morgan fingerprint density at radius 2 is 2.00 bits per heavy atom. The van der Waals surface area contributed by atoms with Crippen LogP contribution in [0.25, 0.3) is 0 Å². The number of anilines is 2. The molecule has 0 aliphatic carbocycles. The van der Waals surface area contributed by atoms with Gasteiger partial charge in [-0.2, -0.15) is 0 Å². The van der Waals surface area contributed by atoms with E-state index in [4.69, 9.17) is 5.73 Å². The molecular formula is C13H23N5O2S. The lowest BCUT2D eigenvalue weighted by atomic mass is 10.3. The molecule has 1 unspecified atom stereocenters. The highest BCUT2D eigenvalue weighted by Gasteiger charge is 2.22. The lowest BCUT2D eigenvalue weighted by Crippen LogP contribution is -2.45. The number of thiazole rings is 1. The summed E-state index contributed by atoms with van der Waals surface area (Å²) >= 11 is 1.18. The SMILES string of the molecule is CCN(C)C(=O)C(C)NC(=O)c1sc(NC(C)C)nc1N. The first-order valence-corrected chi connectivity index (χ1v) is 7.66. The lowest BCUT2D eigenvalue weighted by molar-refractivity contribution is -0.131. The molecule has 118 valence electrons. The number of hydrogen-bond acceptors (Lipinski definition) is 6. The molecule has 0 saturated carbocycles.